The van der Waals surface area contributed by atoms with Gasteiger partial charge in [-0.05, 0) is 68.5 Å². The molecule has 0 radical (unpaired) electrons. The number of benzene rings is 2. The summed E-state index contributed by atoms with van der Waals surface area (Å²) < 4.78 is 12.7. The molecule has 2 N–H and O–H groups in total. The first-order valence-corrected chi connectivity index (χ1v) is 12.2. The smallest absolute Gasteiger partial charge is 0.338 e. The summed E-state index contributed by atoms with van der Waals surface area (Å²) in [6.45, 7) is 2.00. The van der Waals surface area contributed by atoms with Crippen LogP contribution in [-0.2, 0) is 10.3 Å². The fourth-order valence-electron chi connectivity index (χ4n) is 4.57. The van der Waals surface area contributed by atoms with E-state index in [0.717, 1.165) is 16.9 Å². The number of hydrogen-bond donors (Lipinski definition) is 2. The molecule has 0 atom stereocenters. The molecule has 2 aromatic carbocycles. The van der Waals surface area contributed by atoms with Gasteiger partial charge in [0.05, 0.1) is 24.7 Å². The van der Waals surface area contributed by atoms with Gasteiger partial charge in [-0.2, -0.15) is 4.98 Å². The van der Waals surface area contributed by atoms with Crippen molar-refractivity contribution in [1.29, 1.82) is 0 Å². The van der Waals surface area contributed by atoms with Crippen molar-refractivity contribution < 1.29 is 19.4 Å². The summed E-state index contributed by atoms with van der Waals surface area (Å²) in [5.74, 6) is 0.576. The maximum Gasteiger partial charge on any atom is 0.338 e. The minimum absolute atomic E-state index is 0.223. The molecule has 5 rings (SSSR count). The van der Waals surface area contributed by atoms with Gasteiger partial charge in [0.25, 0.3) is 0 Å². The number of esters is 1. The molecular formula is C28H29N5O4. The number of carbonyl (C=O) groups is 1. The first kappa shape index (κ1) is 24.5. The molecule has 1 aliphatic rings. The van der Waals surface area contributed by atoms with E-state index in [9.17, 15) is 9.90 Å². The second kappa shape index (κ2) is 10.4. The summed E-state index contributed by atoms with van der Waals surface area (Å²) in [5.41, 5.74) is 2.81. The topological polar surface area (TPSA) is 111 Å². The Labute approximate surface area is 215 Å². The van der Waals surface area contributed by atoms with Gasteiger partial charge in [-0.1, -0.05) is 18.2 Å². The van der Waals surface area contributed by atoms with Crippen molar-refractivity contribution in [2.45, 2.75) is 44.3 Å². The van der Waals surface area contributed by atoms with Gasteiger partial charge in [0, 0.05) is 29.8 Å². The Morgan fingerprint density at radius 1 is 1.11 bits per heavy atom. The molecule has 2 aromatic heterocycles. The zero-order chi connectivity index (χ0) is 25.8. The third kappa shape index (κ3) is 5.62. The van der Waals surface area contributed by atoms with Gasteiger partial charge < -0.3 is 24.5 Å². The lowest BCUT2D eigenvalue weighted by Gasteiger charge is -2.34. The van der Waals surface area contributed by atoms with Crippen LogP contribution in [0.25, 0.3) is 5.69 Å². The van der Waals surface area contributed by atoms with Crippen LogP contribution in [0, 0.1) is 6.92 Å². The molecule has 0 saturated heterocycles. The van der Waals surface area contributed by atoms with Crippen molar-refractivity contribution in [2.24, 2.45) is 0 Å². The summed E-state index contributed by atoms with van der Waals surface area (Å²) in [6, 6.07) is 16.6. The number of imidazole rings is 1. The molecular weight excluding hydrogens is 470 g/mol. The molecule has 4 aromatic rings. The van der Waals surface area contributed by atoms with E-state index in [1.54, 1.807) is 37.8 Å². The monoisotopic (exact) mass is 499 g/mol. The summed E-state index contributed by atoms with van der Waals surface area (Å²) in [4.78, 5) is 25.5. The highest BCUT2D eigenvalue weighted by atomic mass is 16.5. The molecule has 0 unspecified atom stereocenters. The van der Waals surface area contributed by atoms with Crippen molar-refractivity contribution in [3.63, 3.8) is 0 Å². The van der Waals surface area contributed by atoms with Crippen LogP contribution in [0.2, 0.25) is 0 Å². The first-order valence-electron chi connectivity index (χ1n) is 12.2. The second-order valence-electron chi connectivity index (χ2n) is 9.27. The molecule has 1 aliphatic carbocycles. The third-order valence-corrected chi connectivity index (χ3v) is 6.56. The Bertz CT molecular complexity index is 1380. The number of anilines is 2. The number of carbonyl (C=O) groups excluding carboxylic acids is 1. The molecule has 1 fully saturated rings. The summed E-state index contributed by atoms with van der Waals surface area (Å²) in [7, 11) is 1.56. The Hall–Kier alpha value is -4.24. The second-order valence-corrected chi connectivity index (χ2v) is 9.27. The SMILES string of the molecule is COc1ccnc(Nc2cc(C)cc(-n3cnc(C4(O)CCC(OC(=O)c5ccccc5)CC4)c3)c2)n1. The van der Waals surface area contributed by atoms with Gasteiger partial charge in [-0.15, -0.1) is 0 Å². The molecule has 2 heterocycles. The lowest BCUT2D eigenvalue weighted by atomic mass is 9.81. The van der Waals surface area contributed by atoms with Crippen LogP contribution in [0.5, 0.6) is 5.88 Å². The van der Waals surface area contributed by atoms with E-state index in [1.807, 2.05) is 54.1 Å². The maximum absolute atomic E-state index is 12.4. The molecule has 0 spiro atoms. The molecule has 9 heteroatoms. The average molecular weight is 500 g/mol. The highest BCUT2D eigenvalue weighted by molar-refractivity contribution is 5.89. The lowest BCUT2D eigenvalue weighted by molar-refractivity contribution is -0.0485. The van der Waals surface area contributed by atoms with Crippen molar-refractivity contribution in [3.8, 4) is 11.6 Å². The predicted octanol–water partition coefficient (Wildman–Crippen LogP) is 4.71. The predicted molar refractivity (Wildman–Crippen MR) is 138 cm³/mol. The fraction of sp³-hybridized carbons (Fsp3) is 0.286. The number of nitrogens with zero attached hydrogens (tertiary/aromatic N) is 4. The summed E-state index contributed by atoms with van der Waals surface area (Å²) in [5, 5.41) is 14.6. The minimum Gasteiger partial charge on any atom is -0.481 e. The summed E-state index contributed by atoms with van der Waals surface area (Å²) in [6.07, 6.45) is 7.04. The van der Waals surface area contributed by atoms with Crippen LogP contribution in [0.15, 0.2) is 73.3 Å². The normalized spacial score (nSPS) is 19.3. The van der Waals surface area contributed by atoms with Crippen molar-refractivity contribution in [1.82, 2.24) is 19.5 Å². The zero-order valence-corrected chi connectivity index (χ0v) is 20.8. The summed E-state index contributed by atoms with van der Waals surface area (Å²) >= 11 is 0. The Morgan fingerprint density at radius 2 is 1.89 bits per heavy atom. The standard InChI is InChI=1S/C28H29N5O4/c1-19-14-21(31-27-29-13-10-25(32-27)36-2)16-22(15-19)33-17-24(30-18-33)28(35)11-8-23(9-12-28)37-26(34)20-6-4-3-5-7-20/h3-7,10,13-18,23,35H,8-9,11-12H2,1-2H3,(H,29,31,32). The van der Waals surface area contributed by atoms with E-state index in [1.165, 1.54) is 0 Å². The Balaban J connectivity index is 1.26. The van der Waals surface area contributed by atoms with Gasteiger partial charge in [0.15, 0.2) is 0 Å². The zero-order valence-electron chi connectivity index (χ0n) is 20.8. The Morgan fingerprint density at radius 3 is 2.65 bits per heavy atom. The number of aliphatic hydroxyl groups is 1. The van der Waals surface area contributed by atoms with Crippen molar-refractivity contribution in [2.75, 3.05) is 12.4 Å². The highest BCUT2D eigenvalue weighted by Crippen LogP contribution is 2.38. The van der Waals surface area contributed by atoms with E-state index in [-0.39, 0.29) is 12.1 Å². The number of aromatic nitrogens is 4. The van der Waals surface area contributed by atoms with Crippen LogP contribution in [0.1, 0.15) is 47.3 Å². The van der Waals surface area contributed by atoms with Crippen molar-refractivity contribution in [3.05, 3.63) is 90.1 Å². The van der Waals surface area contributed by atoms with E-state index in [0.29, 0.717) is 48.8 Å². The average Bonchev–Trinajstić information content (AvgIpc) is 3.42. The van der Waals surface area contributed by atoms with Gasteiger partial charge in [0.1, 0.15) is 11.7 Å². The quantitative estimate of drug-likeness (QED) is 0.352. The molecule has 1 saturated carbocycles. The van der Waals surface area contributed by atoms with E-state index in [2.05, 4.69) is 20.3 Å². The highest BCUT2D eigenvalue weighted by Gasteiger charge is 2.38. The number of rotatable bonds is 7. The van der Waals surface area contributed by atoms with Crippen LogP contribution in [-0.4, -0.2) is 43.8 Å². The van der Waals surface area contributed by atoms with Gasteiger partial charge >= 0.3 is 5.97 Å². The Kier molecular flexibility index (Phi) is 6.87. The largest absolute Gasteiger partial charge is 0.481 e. The van der Waals surface area contributed by atoms with Crippen LogP contribution in [0.4, 0.5) is 11.6 Å². The van der Waals surface area contributed by atoms with Crippen molar-refractivity contribution >= 4 is 17.6 Å². The van der Waals surface area contributed by atoms with E-state index < -0.39 is 5.60 Å². The van der Waals surface area contributed by atoms with Crippen LogP contribution in [0.3, 0.4) is 0 Å². The number of aryl methyl sites for hydroxylation is 1. The number of methoxy groups -OCH3 is 1. The molecule has 37 heavy (non-hydrogen) atoms. The molecule has 0 amide bonds. The molecule has 0 bridgehead atoms. The van der Waals surface area contributed by atoms with Gasteiger partial charge in [-0.3, -0.25) is 0 Å². The van der Waals surface area contributed by atoms with Crippen LogP contribution >= 0.6 is 0 Å². The first-order chi connectivity index (χ1) is 17.9. The maximum atomic E-state index is 12.4. The lowest BCUT2D eigenvalue weighted by Crippen LogP contribution is -2.35. The number of hydrogen-bond acceptors (Lipinski definition) is 8. The number of nitrogens with one attached hydrogen (secondary N) is 1. The third-order valence-electron chi connectivity index (χ3n) is 6.56. The number of ether oxygens (including phenoxy) is 2. The van der Waals surface area contributed by atoms with E-state index in [4.69, 9.17) is 9.47 Å². The molecule has 190 valence electrons. The molecule has 0 aliphatic heterocycles. The molecule has 9 nitrogen and oxygen atoms in total. The van der Waals surface area contributed by atoms with Gasteiger partial charge in [0.2, 0.25) is 11.8 Å². The van der Waals surface area contributed by atoms with Gasteiger partial charge in [-0.25, -0.2) is 14.8 Å². The van der Waals surface area contributed by atoms with E-state index >= 15 is 0 Å². The minimum atomic E-state index is -1.07. The fourth-order valence-corrected chi connectivity index (χ4v) is 4.57. The van der Waals surface area contributed by atoms with Crippen LogP contribution < -0.4 is 10.1 Å².